The molecule has 0 radical (unpaired) electrons. The number of benzene rings is 1. The Labute approximate surface area is 168 Å². The van der Waals surface area contributed by atoms with Gasteiger partial charge in [0.2, 0.25) is 0 Å². The average Bonchev–Trinajstić information content (AvgIpc) is 2.45. The minimum atomic E-state index is -0.343. The zero-order valence-corrected chi connectivity index (χ0v) is 18.7. The molecule has 0 unspecified atom stereocenters. The Morgan fingerprint density at radius 1 is 1.29 bits per heavy atom. The molecule has 138 valence electrons. The van der Waals surface area contributed by atoms with E-state index in [0.29, 0.717) is 35.1 Å². The first-order chi connectivity index (χ1) is 10.6. The molecule has 0 aliphatic carbocycles. The second-order valence-electron chi connectivity index (χ2n) is 6.97. The maximum absolute atomic E-state index is 12.4. The molecule has 1 aromatic rings. The van der Waals surface area contributed by atoms with Crippen LogP contribution in [0.4, 0.5) is 10.5 Å². The van der Waals surface area contributed by atoms with Gasteiger partial charge in [0.15, 0.2) is 0 Å². The lowest BCUT2D eigenvalue weighted by molar-refractivity contribution is -0.0000110. The summed E-state index contributed by atoms with van der Waals surface area (Å²) < 4.78 is 6.37. The van der Waals surface area contributed by atoms with Gasteiger partial charge in [0.05, 0.1) is 26.7 Å². The molecule has 4 nitrogen and oxygen atoms in total. The van der Waals surface area contributed by atoms with E-state index in [1.165, 1.54) is 5.56 Å². The van der Waals surface area contributed by atoms with E-state index in [4.69, 9.17) is 16.3 Å². The van der Waals surface area contributed by atoms with Gasteiger partial charge in [-0.15, -0.1) is 11.6 Å². The van der Waals surface area contributed by atoms with E-state index in [1.54, 1.807) is 4.90 Å². The molecule has 0 saturated heterocycles. The lowest BCUT2D eigenvalue weighted by Crippen LogP contribution is -3.00. The Morgan fingerprint density at radius 2 is 1.88 bits per heavy atom. The van der Waals surface area contributed by atoms with Crippen molar-refractivity contribution in [2.45, 2.75) is 33.6 Å². The van der Waals surface area contributed by atoms with Crippen molar-refractivity contribution in [2.75, 3.05) is 40.1 Å². The number of hydrogen-bond donors (Lipinski definition) is 0. The summed E-state index contributed by atoms with van der Waals surface area (Å²) in [6, 6.07) is 4.18. The number of ether oxygens (including phenoxy) is 1. The van der Waals surface area contributed by atoms with Gasteiger partial charge in [0.25, 0.3) is 0 Å². The summed E-state index contributed by atoms with van der Waals surface area (Å²) in [7, 11) is 6.34. The molecule has 1 amide bonds. The molecule has 1 rings (SSSR count). The van der Waals surface area contributed by atoms with Crippen molar-refractivity contribution >= 4 is 23.4 Å². The minimum Gasteiger partial charge on any atom is -1.00 e. The lowest BCUT2D eigenvalue weighted by atomic mass is 9.99. The van der Waals surface area contributed by atoms with Gasteiger partial charge in [-0.2, -0.15) is 0 Å². The van der Waals surface area contributed by atoms with E-state index >= 15 is 0 Å². The van der Waals surface area contributed by atoms with Crippen LogP contribution in [0.3, 0.4) is 0 Å². The fraction of sp³-hybridized carbons (Fsp3) is 0.611. The zero-order chi connectivity index (χ0) is 17.8. The second-order valence-corrected chi connectivity index (χ2v) is 7.34. The lowest BCUT2D eigenvalue weighted by Gasteiger charge is -2.28. The Kier molecular flexibility index (Phi) is 9.61. The van der Waals surface area contributed by atoms with E-state index in [9.17, 15) is 4.79 Å². The molecule has 24 heavy (non-hydrogen) atoms. The fourth-order valence-corrected chi connectivity index (χ4v) is 2.67. The summed E-state index contributed by atoms with van der Waals surface area (Å²) >= 11 is 5.75. The van der Waals surface area contributed by atoms with E-state index < -0.39 is 0 Å². The number of carbonyl (C=O) groups excluding carboxylic acids is 1. The summed E-state index contributed by atoms with van der Waals surface area (Å²) in [5.41, 5.74) is 3.32. The largest absolute Gasteiger partial charge is 1.00 e. The van der Waals surface area contributed by atoms with Crippen molar-refractivity contribution < 1.29 is 33.5 Å². The molecule has 0 heterocycles. The number of hydrogen-bond acceptors (Lipinski definition) is 2. The van der Waals surface area contributed by atoms with Crippen LogP contribution in [0.15, 0.2) is 12.1 Å². The molecule has 0 saturated carbocycles. The molecule has 0 spiro atoms. The van der Waals surface area contributed by atoms with E-state index in [1.807, 2.05) is 19.9 Å². The number of quaternary nitrogens is 1. The van der Waals surface area contributed by atoms with Gasteiger partial charge in [-0.3, -0.25) is 4.48 Å². The molecular formula is C18H30ClIN2O2. The third-order valence-electron chi connectivity index (χ3n) is 3.94. The fourth-order valence-electron chi connectivity index (χ4n) is 2.47. The topological polar surface area (TPSA) is 29.5 Å². The quantitative estimate of drug-likeness (QED) is 0.359. The van der Waals surface area contributed by atoms with E-state index in [0.717, 1.165) is 11.3 Å². The number of nitrogens with zero attached hydrogens (tertiary/aromatic N) is 2. The first-order valence-electron chi connectivity index (χ1n) is 8.11. The van der Waals surface area contributed by atoms with Crippen molar-refractivity contribution in [3.05, 3.63) is 23.3 Å². The Morgan fingerprint density at radius 3 is 2.29 bits per heavy atom. The molecule has 6 heteroatoms. The Hall–Kier alpha value is -0.530. The van der Waals surface area contributed by atoms with E-state index in [-0.39, 0.29) is 30.1 Å². The summed E-state index contributed by atoms with van der Waals surface area (Å²) in [5.74, 6) is 1.40. The molecule has 0 aliphatic heterocycles. The van der Waals surface area contributed by atoms with Crippen molar-refractivity contribution in [2.24, 2.45) is 0 Å². The van der Waals surface area contributed by atoms with Crippen LogP contribution in [-0.2, 0) is 0 Å². The van der Waals surface area contributed by atoms with Crippen LogP contribution in [0, 0.1) is 6.92 Å². The highest BCUT2D eigenvalue weighted by Crippen LogP contribution is 2.35. The van der Waals surface area contributed by atoms with Gasteiger partial charge < -0.3 is 33.6 Å². The normalized spacial score (nSPS) is 11.2. The maximum atomic E-state index is 12.4. The molecule has 0 aliphatic rings. The number of halogens is 2. The first-order valence-corrected chi connectivity index (χ1v) is 8.64. The Balaban J connectivity index is 0.00000529. The third kappa shape index (κ3) is 6.08. The van der Waals surface area contributed by atoms with Crippen LogP contribution >= 0.6 is 11.6 Å². The third-order valence-corrected chi connectivity index (χ3v) is 4.10. The van der Waals surface area contributed by atoms with Gasteiger partial charge >= 0.3 is 6.09 Å². The number of rotatable bonds is 6. The highest BCUT2D eigenvalue weighted by Gasteiger charge is 2.23. The van der Waals surface area contributed by atoms with Crippen LogP contribution in [0.2, 0.25) is 0 Å². The van der Waals surface area contributed by atoms with Crippen molar-refractivity contribution in [1.82, 2.24) is 9.38 Å². The van der Waals surface area contributed by atoms with Crippen molar-refractivity contribution in [3.63, 3.8) is 0 Å². The van der Waals surface area contributed by atoms with Crippen LogP contribution in [0.1, 0.15) is 37.8 Å². The minimum absolute atomic E-state index is 0. The van der Waals surface area contributed by atoms with Crippen molar-refractivity contribution in [1.29, 1.82) is 0 Å². The molecule has 0 fully saturated rings. The maximum Gasteiger partial charge on any atom is 0.415 e. The van der Waals surface area contributed by atoms with Crippen molar-refractivity contribution in [3.8, 4) is 5.75 Å². The number of amides is 1. The second kappa shape index (κ2) is 9.82. The molecule has 1 aromatic carbocycles. The Bertz CT molecular complexity index is 557. The molecule has 0 aromatic heterocycles. The predicted molar refractivity (Wildman–Crippen MR) is 98.8 cm³/mol. The highest BCUT2D eigenvalue weighted by atomic mass is 127. The van der Waals surface area contributed by atoms with E-state index in [2.05, 4.69) is 41.1 Å². The standard InChI is InChI=1S/C18H30ClN2O2.HI/c1-8-20(10-9-19)18(22)23-17-12-15(13(2)3)11-16(14(17)4)21(5,6)7;/h11-13H,8-10H2,1-7H3;1H/q+1;/p-1. The zero-order valence-electron chi connectivity index (χ0n) is 15.8. The highest BCUT2D eigenvalue weighted by molar-refractivity contribution is 6.18. The number of carbonyl (C=O) groups is 1. The first kappa shape index (κ1) is 23.5. The van der Waals surface area contributed by atoms with Gasteiger partial charge in [-0.05, 0) is 31.4 Å². The SMILES string of the molecule is CCN(CCCl)C(=O)Oc1cc(C(C)C)cc([N+](C)(C)C)c1C.[I-]. The van der Waals surface area contributed by atoms with Gasteiger partial charge in [0, 0.05) is 25.0 Å². The van der Waals surface area contributed by atoms with Crippen LogP contribution < -0.4 is 33.2 Å². The van der Waals surface area contributed by atoms with Crippen LogP contribution in [-0.4, -0.2) is 51.1 Å². The van der Waals surface area contributed by atoms with Crippen LogP contribution in [0.25, 0.3) is 0 Å². The molecular weight excluding hydrogens is 439 g/mol. The molecule has 0 bridgehead atoms. The summed E-state index contributed by atoms with van der Waals surface area (Å²) in [5, 5.41) is 0. The van der Waals surface area contributed by atoms with Gasteiger partial charge in [0.1, 0.15) is 11.4 Å². The predicted octanol–water partition coefficient (Wildman–Crippen LogP) is 1.38. The smallest absolute Gasteiger partial charge is 0.415 e. The average molecular weight is 469 g/mol. The monoisotopic (exact) mass is 468 g/mol. The number of alkyl halides is 1. The molecule has 0 N–H and O–H groups in total. The summed E-state index contributed by atoms with van der Waals surface area (Å²) in [6.45, 7) is 9.27. The van der Waals surface area contributed by atoms with Crippen LogP contribution in [0.5, 0.6) is 5.75 Å². The van der Waals surface area contributed by atoms with Gasteiger partial charge in [-0.1, -0.05) is 13.8 Å². The van der Waals surface area contributed by atoms with Gasteiger partial charge in [-0.25, -0.2) is 4.79 Å². The molecule has 0 atom stereocenters. The summed E-state index contributed by atoms with van der Waals surface area (Å²) in [4.78, 5) is 14.0. The summed E-state index contributed by atoms with van der Waals surface area (Å²) in [6.07, 6.45) is -0.343.